The zero-order chi connectivity index (χ0) is 16.9. The number of carbonyl (C=O) groups excluding carboxylic acids is 1. The molecule has 2 saturated heterocycles. The lowest BCUT2D eigenvalue weighted by Gasteiger charge is -2.40. The molecule has 0 spiro atoms. The third-order valence-electron chi connectivity index (χ3n) is 5.26. The average Bonchev–Trinajstić information content (AvgIpc) is 3.09. The predicted molar refractivity (Wildman–Crippen MR) is 92.5 cm³/mol. The van der Waals surface area contributed by atoms with Crippen molar-refractivity contribution in [2.75, 3.05) is 45.8 Å². The van der Waals surface area contributed by atoms with Crippen LogP contribution in [0.25, 0.3) is 0 Å². The van der Waals surface area contributed by atoms with E-state index in [-0.39, 0.29) is 0 Å². The summed E-state index contributed by atoms with van der Waals surface area (Å²) in [6.45, 7) is 12.7. The van der Waals surface area contributed by atoms with Gasteiger partial charge in [0.1, 0.15) is 12.7 Å². The zero-order valence-electron chi connectivity index (χ0n) is 15.0. The Labute approximate surface area is 144 Å². The van der Waals surface area contributed by atoms with E-state index >= 15 is 0 Å². The topological polar surface area (TPSA) is 57.5 Å². The van der Waals surface area contributed by atoms with Crippen LogP contribution < -0.4 is 0 Å². The average molecular weight is 334 g/mol. The Balaban J connectivity index is 1.38. The summed E-state index contributed by atoms with van der Waals surface area (Å²) in [6, 6.07) is 0.328. The first-order valence-corrected chi connectivity index (χ1v) is 9.18. The molecule has 0 saturated carbocycles. The Kier molecular flexibility index (Phi) is 5.84. The molecule has 0 radical (unpaired) electrons. The van der Waals surface area contributed by atoms with E-state index in [1.807, 2.05) is 4.68 Å². The molecule has 0 aliphatic carbocycles. The molecule has 3 heterocycles. The van der Waals surface area contributed by atoms with Crippen LogP contribution in [0, 0.1) is 5.92 Å². The summed E-state index contributed by atoms with van der Waals surface area (Å²) in [6.07, 6.45) is 5.14. The van der Waals surface area contributed by atoms with Crippen LogP contribution in [-0.4, -0.2) is 87.2 Å². The fourth-order valence-corrected chi connectivity index (χ4v) is 3.74. The minimum atomic E-state index is 0.328. The molecule has 3 rings (SSSR count). The van der Waals surface area contributed by atoms with Crippen molar-refractivity contribution in [2.24, 2.45) is 5.92 Å². The smallest absolute Gasteiger partial charge is 0.222 e. The van der Waals surface area contributed by atoms with Gasteiger partial charge in [-0.1, -0.05) is 0 Å². The first-order chi connectivity index (χ1) is 11.6. The van der Waals surface area contributed by atoms with E-state index in [2.05, 4.69) is 38.6 Å². The van der Waals surface area contributed by atoms with Crippen molar-refractivity contribution in [2.45, 2.75) is 39.3 Å². The Morgan fingerprint density at radius 1 is 1.17 bits per heavy atom. The van der Waals surface area contributed by atoms with Crippen LogP contribution >= 0.6 is 0 Å². The number of hydrogen-bond donors (Lipinski definition) is 0. The number of aromatic nitrogens is 3. The normalized spacial score (nSPS) is 24.0. The minimum Gasteiger partial charge on any atom is -0.340 e. The molecule has 2 fully saturated rings. The number of hydrogen-bond acceptors (Lipinski definition) is 5. The third-order valence-corrected chi connectivity index (χ3v) is 5.26. The first-order valence-electron chi connectivity index (χ1n) is 9.18. The van der Waals surface area contributed by atoms with Gasteiger partial charge in [-0.25, -0.2) is 4.98 Å². The van der Waals surface area contributed by atoms with Gasteiger partial charge in [-0.2, -0.15) is 5.10 Å². The van der Waals surface area contributed by atoms with Gasteiger partial charge < -0.3 is 9.80 Å². The molecular formula is C17H30N6O. The monoisotopic (exact) mass is 334 g/mol. The van der Waals surface area contributed by atoms with Crippen LogP contribution in [0.3, 0.4) is 0 Å². The number of amides is 1. The van der Waals surface area contributed by atoms with Crippen LogP contribution in [-0.2, 0) is 11.3 Å². The maximum atomic E-state index is 12.0. The van der Waals surface area contributed by atoms with E-state index in [1.54, 1.807) is 12.7 Å². The van der Waals surface area contributed by atoms with E-state index in [9.17, 15) is 4.79 Å². The Morgan fingerprint density at radius 2 is 1.92 bits per heavy atom. The molecule has 1 atom stereocenters. The second kappa shape index (κ2) is 8.07. The van der Waals surface area contributed by atoms with Crippen LogP contribution in [0.4, 0.5) is 0 Å². The van der Waals surface area contributed by atoms with Gasteiger partial charge in [0.2, 0.25) is 5.91 Å². The van der Waals surface area contributed by atoms with Gasteiger partial charge in [-0.05, 0) is 26.2 Å². The molecule has 134 valence electrons. The summed E-state index contributed by atoms with van der Waals surface area (Å²) >= 11 is 0. The third kappa shape index (κ3) is 4.54. The summed E-state index contributed by atoms with van der Waals surface area (Å²) in [5.74, 6) is 0.964. The molecule has 2 aliphatic heterocycles. The maximum absolute atomic E-state index is 12.0. The van der Waals surface area contributed by atoms with E-state index < -0.39 is 0 Å². The molecule has 7 heteroatoms. The van der Waals surface area contributed by atoms with Crippen LogP contribution in [0.1, 0.15) is 26.7 Å². The number of rotatable bonds is 6. The molecule has 1 unspecified atom stereocenters. The molecule has 7 nitrogen and oxygen atoms in total. The minimum absolute atomic E-state index is 0.328. The van der Waals surface area contributed by atoms with E-state index in [4.69, 9.17) is 0 Å². The standard InChI is InChI=1S/C17H30N6O/c1-15(2)23-12-16(3-4-17(23)24)11-21-7-5-20(6-8-21)9-10-22-14-18-13-19-22/h13-16H,3-12H2,1-2H3. The van der Waals surface area contributed by atoms with Gasteiger partial charge in [-0.3, -0.25) is 14.4 Å². The molecule has 24 heavy (non-hydrogen) atoms. The lowest BCUT2D eigenvalue weighted by atomic mass is 9.95. The molecule has 0 bridgehead atoms. The Hall–Kier alpha value is -1.47. The van der Waals surface area contributed by atoms with Gasteiger partial charge in [-0.15, -0.1) is 0 Å². The van der Waals surface area contributed by atoms with Crippen LogP contribution in [0.2, 0.25) is 0 Å². The molecular weight excluding hydrogens is 304 g/mol. The van der Waals surface area contributed by atoms with Gasteiger partial charge in [0.25, 0.3) is 0 Å². The summed E-state index contributed by atoms with van der Waals surface area (Å²) in [7, 11) is 0. The van der Waals surface area contributed by atoms with Crippen LogP contribution in [0.5, 0.6) is 0 Å². The Morgan fingerprint density at radius 3 is 2.58 bits per heavy atom. The predicted octanol–water partition coefficient (Wildman–Crippen LogP) is 0.543. The highest BCUT2D eigenvalue weighted by Crippen LogP contribution is 2.21. The zero-order valence-corrected chi connectivity index (χ0v) is 15.0. The van der Waals surface area contributed by atoms with E-state index in [0.717, 1.165) is 65.2 Å². The summed E-state index contributed by atoms with van der Waals surface area (Å²) in [5.41, 5.74) is 0. The van der Waals surface area contributed by atoms with Gasteiger partial charge in [0.15, 0.2) is 0 Å². The fourth-order valence-electron chi connectivity index (χ4n) is 3.74. The first kappa shape index (κ1) is 17.4. The van der Waals surface area contributed by atoms with Gasteiger partial charge in [0, 0.05) is 58.3 Å². The van der Waals surface area contributed by atoms with Crippen molar-refractivity contribution >= 4 is 5.91 Å². The summed E-state index contributed by atoms with van der Waals surface area (Å²) in [4.78, 5) is 23.1. The van der Waals surface area contributed by atoms with Crippen molar-refractivity contribution in [3.8, 4) is 0 Å². The lowest BCUT2D eigenvalue weighted by Crippen LogP contribution is -2.51. The van der Waals surface area contributed by atoms with Gasteiger partial charge >= 0.3 is 0 Å². The largest absolute Gasteiger partial charge is 0.340 e. The molecule has 1 aromatic rings. The maximum Gasteiger partial charge on any atom is 0.222 e. The van der Waals surface area contributed by atoms with E-state index in [0.29, 0.717) is 17.9 Å². The van der Waals surface area contributed by atoms with Crippen LogP contribution in [0.15, 0.2) is 12.7 Å². The Bertz CT molecular complexity index is 509. The number of piperazine rings is 1. The van der Waals surface area contributed by atoms with Gasteiger partial charge in [0.05, 0.1) is 6.54 Å². The van der Waals surface area contributed by atoms with Crippen molar-refractivity contribution in [1.82, 2.24) is 29.5 Å². The summed E-state index contributed by atoms with van der Waals surface area (Å²) < 4.78 is 1.89. The number of likely N-dealkylation sites (tertiary alicyclic amines) is 1. The molecule has 2 aliphatic rings. The quantitative estimate of drug-likeness (QED) is 0.760. The summed E-state index contributed by atoms with van der Waals surface area (Å²) in [5, 5.41) is 4.16. The number of piperidine rings is 1. The van der Waals surface area contributed by atoms with Crippen molar-refractivity contribution in [3.63, 3.8) is 0 Å². The van der Waals surface area contributed by atoms with Crippen molar-refractivity contribution in [3.05, 3.63) is 12.7 Å². The molecule has 1 amide bonds. The molecule has 0 aromatic carbocycles. The lowest BCUT2D eigenvalue weighted by molar-refractivity contribution is -0.137. The highest BCUT2D eigenvalue weighted by molar-refractivity contribution is 5.77. The number of nitrogens with zero attached hydrogens (tertiary/aromatic N) is 6. The van der Waals surface area contributed by atoms with Crippen molar-refractivity contribution < 1.29 is 4.79 Å². The molecule has 0 N–H and O–H groups in total. The van der Waals surface area contributed by atoms with Crippen molar-refractivity contribution in [1.29, 1.82) is 0 Å². The second-order valence-corrected chi connectivity index (χ2v) is 7.35. The second-order valence-electron chi connectivity index (χ2n) is 7.35. The fraction of sp³-hybridized carbons (Fsp3) is 0.824. The van der Waals surface area contributed by atoms with E-state index in [1.165, 1.54) is 0 Å². The highest BCUT2D eigenvalue weighted by atomic mass is 16.2. The molecule has 1 aromatic heterocycles. The highest BCUT2D eigenvalue weighted by Gasteiger charge is 2.29. The SMILES string of the molecule is CC(C)N1CC(CN2CCN(CCn3cncn3)CC2)CCC1=O. The number of carbonyl (C=O) groups is 1.